The van der Waals surface area contributed by atoms with E-state index in [0.29, 0.717) is 0 Å². The number of methoxy groups -OCH3 is 1. The quantitative estimate of drug-likeness (QED) is 0.689. The van der Waals surface area contributed by atoms with Gasteiger partial charge in [0.1, 0.15) is 0 Å². The van der Waals surface area contributed by atoms with Crippen molar-refractivity contribution in [3.8, 4) is 0 Å². The monoisotopic (exact) mass is 189 g/mol. The van der Waals surface area contributed by atoms with Crippen LogP contribution < -0.4 is 0 Å². The Kier molecular flexibility index (Phi) is 4.95. The topological polar surface area (TPSA) is 49.8 Å². The zero-order valence-electron chi connectivity index (χ0n) is 8.94. The first-order valence-corrected chi connectivity index (χ1v) is 4.36. The molecule has 0 aromatic rings. The van der Waals surface area contributed by atoms with Crippen LogP contribution in [0.5, 0.6) is 0 Å². The summed E-state index contributed by atoms with van der Waals surface area (Å²) in [6.45, 7) is 4.95. The number of ether oxygens (including phenoxy) is 1. The number of carbonyl (C=O) groups is 1. The number of carbonyl (C=O) groups excluding carboxylic acids is 1. The summed E-state index contributed by atoms with van der Waals surface area (Å²) in [7, 11) is 3.23. The molecule has 78 valence electrons. The molecule has 0 spiro atoms. The molecule has 0 aliphatic rings. The van der Waals surface area contributed by atoms with E-state index in [-0.39, 0.29) is 18.1 Å². The van der Waals surface area contributed by atoms with E-state index in [4.69, 9.17) is 4.74 Å². The Labute approximate surface area is 79.5 Å². The van der Waals surface area contributed by atoms with Gasteiger partial charge in [0.15, 0.2) is 0 Å². The SMILES string of the molecule is COC(C)C(C(C)O)N(C)C(C)=O. The Morgan fingerprint density at radius 1 is 1.46 bits per heavy atom. The summed E-state index contributed by atoms with van der Waals surface area (Å²) >= 11 is 0. The summed E-state index contributed by atoms with van der Waals surface area (Å²) in [5, 5.41) is 9.46. The highest BCUT2D eigenvalue weighted by Crippen LogP contribution is 2.10. The summed E-state index contributed by atoms with van der Waals surface area (Å²) in [6, 6.07) is -0.289. The van der Waals surface area contributed by atoms with E-state index in [9.17, 15) is 9.90 Å². The Morgan fingerprint density at radius 3 is 2.15 bits per heavy atom. The van der Waals surface area contributed by atoms with Crippen molar-refractivity contribution in [2.45, 2.75) is 39.0 Å². The molecule has 3 unspecified atom stereocenters. The molecule has 1 amide bonds. The number of likely N-dealkylation sites (N-methyl/N-ethyl adjacent to an activating group) is 1. The fraction of sp³-hybridized carbons (Fsp3) is 0.889. The van der Waals surface area contributed by atoms with Gasteiger partial charge in [0, 0.05) is 21.1 Å². The Balaban J connectivity index is 4.50. The highest BCUT2D eigenvalue weighted by atomic mass is 16.5. The van der Waals surface area contributed by atoms with E-state index < -0.39 is 6.10 Å². The molecule has 1 N–H and O–H groups in total. The Morgan fingerprint density at radius 2 is 1.92 bits per heavy atom. The van der Waals surface area contributed by atoms with Crippen LogP contribution in [0.2, 0.25) is 0 Å². The molecular weight excluding hydrogens is 170 g/mol. The number of aliphatic hydroxyl groups is 1. The van der Waals surface area contributed by atoms with Crippen molar-refractivity contribution in [2.75, 3.05) is 14.2 Å². The maximum absolute atomic E-state index is 11.1. The fourth-order valence-corrected chi connectivity index (χ4v) is 1.38. The average molecular weight is 189 g/mol. The van der Waals surface area contributed by atoms with Crippen molar-refractivity contribution < 1.29 is 14.6 Å². The predicted molar refractivity (Wildman–Crippen MR) is 50.4 cm³/mol. The van der Waals surface area contributed by atoms with Crippen molar-refractivity contribution in [3.05, 3.63) is 0 Å². The van der Waals surface area contributed by atoms with Gasteiger partial charge >= 0.3 is 0 Å². The van der Waals surface area contributed by atoms with Gasteiger partial charge in [-0.15, -0.1) is 0 Å². The van der Waals surface area contributed by atoms with Gasteiger partial charge in [0.05, 0.1) is 18.2 Å². The first-order valence-electron chi connectivity index (χ1n) is 4.36. The molecule has 0 aliphatic carbocycles. The molecule has 4 nitrogen and oxygen atoms in total. The van der Waals surface area contributed by atoms with Gasteiger partial charge in [0.25, 0.3) is 0 Å². The van der Waals surface area contributed by atoms with Gasteiger partial charge in [-0.25, -0.2) is 0 Å². The number of hydrogen-bond acceptors (Lipinski definition) is 3. The minimum Gasteiger partial charge on any atom is -0.391 e. The zero-order chi connectivity index (χ0) is 10.6. The first kappa shape index (κ1) is 12.4. The number of rotatable bonds is 4. The molecule has 0 rings (SSSR count). The van der Waals surface area contributed by atoms with Crippen molar-refractivity contribution in [1.82, 2.24) is 4.90 Å². The summed E-state index contributed by atoms with van der Waals surface area (Å²) in [5.74, 6) is -0.0743. The Hall–Kier alpha value is -0.610. The lowest BCUT2D eigenvalue weighted by molar-refractivity contribution is -0.135. The third-order valence-electron chi connectivity index (χ3n) is 2.29. The lowest BCUT2D eigenvalue weighted by Gasteiger charge is -2.33. The van der Waals surface area contributed by atoms with Gasteiger partial charge in [-0.1, -0.05) is 0 Å². The molecule has 4 heteroatoms. The Bertz CT molecular complexity index is 170. The van der Waals surface area contributed by atoms with Gasteiger partial charge in [-0.2, -0.15) is 0 Å². The lowest BCUT2D eigenvalue weighted by Crippen LogP contribution is -2.49. The van der Waals surface area contributed by atoms with Crippen LogP contribution in [0.1, 0.15) is 20.8 Å². The highest BCUT2D eigenvalue weighted by Gasteiger charge is 2.27. The third-order valence-corrected chi connectivity index (χ3v) is 2.29. The second kappa shape index (κ2) is 5.19. The smallest absolute Gasteiger partial charge is 0.219 e. The second-order valence-electron chi connectivity index (χ2n) is 3.30. The van der Waals surface area contributed by atoms with Crippen LogP contribution in [0.3, 0.4) is 0 Å². The maximum Gasteiger partial charge on any atom is 0.219 e. The molecule has 0 radical (unpaired) electrons. The molecular formula is C9H19NO3. The molecule has 3 atom stereocenters. The molecule has 0 aliphatic heterocycles. The van der Waals surface area contributed by atoms with Gasteiger partial charge in [0.2, 0.25) is 5.91 Å². The summed E-state index contributed by atoms with van der Waals surface area (Å²) in [5.41, 5.74) is 0. The normalized spacial score (nSPS) is 17.7. The summed E-state index contributed by atoms with van der Waals surface area (Å²) in [4.78, 5) is 12.6. The number of nitrogens with zero attached hydrogens (tertiary/aromatic N) is 1. The van der Waals surface area contributed by atoms with Gasteiger partial charge in [-0.05, 0) is 13.8 Å². The summed E-state index contributed by atoms with van der Waals surface area (Å²) in [6.07, 6.45) is -0.766. The second-order valence-corrected chi connectivity index (χ2v) is 3.30. The van der Waals surface area contributed by atoms with Crippen molar-refractivity contribution >= 4 is 5.91 Å². The third kappa shape index (κ3) is 3.32. The van der Waals surface area contributed by atoms with Crippen molar-refractivity contribution in [3.63, 3.8) is 0 Å². The van der Waals surface area contributed by atoms with Gasteiger partial charge in [-0.3, -0.25) is 4.79 Å². The van der Waals surface area contributed by atoms with E-state index in [1.54, 1.807) is 21.1 Å². The highest BCUT2D eigenvalue weighted by molar-refractivity contribution is 5.73. The molecule has 0 aromatic heterocycles. The van der Waals surface area contributed by atoms with E-state index in [2.05, 4.69) is 0 Å². The zero-order valence-corrected chi connectivity index (χ0v) is 8.94. The van der Waals surface area contributed by atoms with Crippen LogP contribution in [0.4, 0.5) is 0 Å². The van der Waals surface area contributed by atoms with Gasteiger partial charge < -0.3 is 14.7 Å². The predicted octanol–water partition coefficient (Wildman–Crippen LogP) is 0.249. The van der Waals surface area contributed by atoms with Crippen LogP contribution >= 0.6 is 0 Å². The molecule has 0 saturated carbocycles. The van der Waals surface area contributed by atoms with E-state index >= 15 is 0 Å². The largest absolute Gasteiger partial charge is 0.391 e. The van der Waals surface area contributed by atoms with E-state index in [1.165, 1.54) is 11.8 Å². The fourth-order valence-electron chi connectivity index (χ4n) is 1.38. The summed E-state index contributed by atoms with van der Waals surface area (Å²) < 4.78 is 5.09. The van der Waals surface area contributed by atoms with E-state index in [0.717, 1.165) is 0 Å². The van der Waals surface area contributed by atoms with Crippen LogP contribution in [-0.2, 0) is 9.53 Å². The van der Waals surface area contributed by atoms with Crippen LogP contribution in [-0.4, -0.2) is 48.3 Å². The van der Waals surface area contributed by atoms with E-state index in [1.807, 2.05) is 6.92 Å². The van der Waals surface area contributed by atoms with Crippen LogP contribution in [0, 0.1) is 0 Å². The average Bonchev–Trinajstić information content (AvgIpc) is 2.03. The molecule has 0 bridgehead atoms. The lowest BCUT2D eigenvalue weighted by atomic mass is 10.1. The van der Waals surface area contributed by atoms with Crippen LogP contribution in [0.25, 0.3) is 0 Å². The molecule has 0 aromatic carbocycles. The number of amides is 1. The molecule has 0 fully saturated rings. The standard InChI is InChI=1S/C9H19NO3/c1-6(11)9(7(2)13-5)10(4)8(3)12/h6-7,9,11H,1-5H3. The molecule has 0 heterocycles. The number of hydrogen-bond donors (Lipinski definition) is 1. The van der Waals surface area contributed by atoms with Crippen molar-refractivity contribution in [1.29, 1.82) is 0 Å². The molecule has 0 saturated heterocycles. The minimum atomic E-state index is -0.594. The maximum atomic E-state index is 11.1. The molecule has 13 heavy (non-hydrogen) atoms. The van der Waals surface area contributed by atoms with Crippen LogP contribution in [0.15, 0.2) is 0 Å². The first-order chi connectivity index (χ1) is 5.91. The number of aliphatic hydroxyl groups excluding tert-OH is 1. The van der Waals surface area contributed by atoms with Crippen molar-refractivity contribution in [2.24, 2.45) is 0 Å². The minimum absolute atomic E-state index is 0.0743.